The van der Waals surface area contributed by atoms with Crippen LogP contribution in [0.4, 0.5) is 0 Å². The first-order chi connectivity index (χ1) is 7.47. The molecular weight excluding hydrogens is 262 g/mol. The van der Waals surface area contributed by atoms with E-state index in [9.17, 15) is 8.42 Å². The average Bonchev–Trinajstić information content (AvgIpc) is 2.21. The zero-order valence-electron chi connectivity index (χ0n) is 10.8. The highest BCUT2D eigenvalue weighted by Gasteiger charge is 2.27. The maximum absolute atomic E-state index is 11.9. The Morgan fingerprint density at radius 1 is 1.47 bits per heavy atom. The first-order valence-corrected chi connectivity index (χ1v) is 7.35. The van der Waals surface area contributed by atoms with E-state index in [0.717, 1.165) is 25.9 Å². The predicted molar refractivity (Wildman–Crippen MR) is 72.7 cm³/mol. The molecule has 2 unspecified atom stereocenters. The molecule has 0 aromatic carbocycles. The third-order valence-corrected chi connectivity index (χ3v) is 4.64. The van der Waals surface area contributed by atoms with Crippen LogP contribution in [0.3, 0.4) is 0 Å². The van der Waals surface area contributed by atoms with Gasteiger partial charge in [-0.25, -0.2) is 0 Å². The van der Waals surface area contributed by atoms with Crippen molar-refractivity contribution < 1.29 is 8.42 Å². The van der Waals surface area contributed by atoms with Gasteiger partial charge in [-0.05, 0) is 31.8 Å². The number of hydrogen-bond donors (Lipinski definition) is 2. The van der Waals surface area contributed by atoms with Gasteiger partial charge in [-0.15, -0.1) is 12.4 Å². The van der Waals surface area contributed by atoms with Crippen molar-refractivity contribution in [3.63, 3.8) is 0 Å². The Kier molecular flexibility index (Phi) is 7.58. The van der Waals surface area contributed by atoms with Crippen LogP contribution in [0, 0.1) is 5.92 Å². The molecule has 1 fully saturated rings. The lowest BCUT2D eigenvalue weighted by Crippen LogP contribution is -2.51. The lowest BCUT2D eigenvalue weighted by molar-refractivity contribution is 0.320. The molecule has 0 aromatic rings. The Balaban J connectivity index is 0.00000256. The number of piperidine rings is 1. The summed E-state index contributed by atoms with van der Waals surface area (Å²) >= 11 is 0. The SMILES string of the molecule is CCCN(C)S(=O)(=O)NC1CCNCC1C.Cl. The third-order valence-electron chi connectivity index (χ3n) is 3.03. The van der Waals surface area contributed by atoms with Crippen LogP contribution in [0.2, 0.25) is 0 Å². The highest BCUT2D eigenvalue weighted by Crippen LogP contribution is 2.12. The Labute approximate surface area is 111 Å². The summed E-state index contributed by atoms with van der Waals surface area (Å²) in [6, 6.07) is 0.0607. The molecule has 0 radical (unpaired) electrons. The molecule has 7 heteroatoms. The van der Waals surface area contributed by atoms with Gasteiger partial charge >= 0.3 is 0 Å². The molecule has 0 aromatic heterocycles. The molecule has 5 nitrogen and oxygen atoms in total. The van der Waals surface area contributed by atoms with Gasteiger partial charge in [-0.3, -0.25) is 0 Å². The van der Waals surface area contributed by atoms with Gasteiger partial charge < -0.3 is 5.32 Å². The van der Waals surface area contributed by atoms with Crippen molar-refractivity contribution in [2.24, 2.45) is 5.92 Å². The van der Waals surface area contributed by atoms with Crippen LogP contribution >= 0.6 is 12.4 Å². The summed E-state index contributed by atoms with van der Waals surface area (Å²) in [7, 11) is -1.68. The van der Waals surface area contributed by atoms with Crippen LogP contribution in [-0.4, -0.2) is 45.4 Å². The van der Waals surface area contributed by atoms with Gasteiger partial charge in [-0.1, -0.05) is 13.8 Å². The summed E-state index contributed by atoms with van der Waals surface area (Å²) in [5.41, 5.74) is 0. The first kappa shape index (κ1) is 17.1. The smallest absolute Gasteiger partial charge is 0.279 e. The van der Waals surface area contributed by atoms with E-state index >= 15 is 0 Å². The summed E-state index contributed by atoms with van der Waals surface area (Å²) in [6.45, 7) is 6.37. The third kappa shape index (κ3) is 5.09. The summed E-state index contributed by atoms with van der Waals surface area (Å²) in [5.74, 6) is 0.346. The molecule has 1 aliphatic heterocycles. The molecule has 2 atom stereocenters. The fourth-order valence-electron chi connectivity index (χ4n) is 1.91. The molecule has 1 aliphatic rings. The van der Waals surface area contributed by atoms with Gasteiger partial charge in [0, 0.05) is 19.6 Å². The van der Waals surface area contributed by atoms with Gasteiger partial charge in [0.2, 0.25) is 0 Å². The Morgan fingerprint density at radius 2 is 2.12 bits per heavy atom. The lowest BCUT2D eigenvalue weighted by atomic mass is 9.97. The Bertz CT molecular complexity index is 311. The maximum atomic E-state index is 11.9. The number of nitrogens with one attached hydrogen (secondary N) is 2. The quantitative estimate of drug-likeness (QED) is 0.777. The molecule has 1 heterocycles. The Hall–Kier alpha value is 0.120. The lowest BCUT2D eigenvalue weighted by Gasteiger charge is -2.31. The van der Waals surface area contributed by atoms with E-state index in [2.05, 4.69) is 17.0 Å². The zero-order chi connectivity index (χ0) is 12.2. The van der Waals surface area contributed by atoms with Crippen LogP contribution in [-0.2, 0) is 10.2 Å². The van der Waals surface area contributed by atoms with Crippen molar-refractivity contribution >= 4 is 22.6 Å². The standard InChI is InChI=1S/C10H23N3O2S.ClH/c1-4-7-13(3)16(14,15)12-10-5-6-11-8-9(10)2;/h9-12H,4-8H2,1-3H3;1H. The van der Waals surface area contributed by atoms with Crippen LogP contribution in [0.25, 0.3) is 0 Å². The van der Waals surface area contributed by atoms with E-state index in [0.29, 0.717) is 12.5 Å². The number of rotatable bonds is 5. The van der Waals surface area contributed by atoms with E-state index in [-0.39, 0.29) is 18.4 Å². The van der Waals surface area contributed by atoms with E-state index in [1.165, 1.54) is 4.31 Å². The van der Waals surface area contributed by atoms with E-state index in [1.54, 1.807) is 7.05 Å². The molecule has 2 N–H and O–H groups in total. The minimum absolute atomic E-state index is 0. The Morgan fingerprint density at radius 3 is 2.65 bits per heavy atom. The van der Waals surface area contributed by atoms with Crippen LogP contribution in [0.15, 0.2) is 0 Å². The van der Waals surface area contributed by atoms with E-state index in [1.807, 2.05) is 6.92 Å². The summed E-state index contributed by atoms with van der Waals surface area (Å²) < 4.78 is 28.0. The second-order valence-electron chi connectivity index (χ2n) is 4.52. The van der Waals surface area contributed by atoms with Crippen LogP contribution < -0.4 is 10.0 Å². The zero-order valence-corrected chi connectivity index (χ0v) is 12.4. The number of nitrogens with zero attached hydrogens (tertiary/aromatic N) is 1. The second kappa shape index (κ2) is 7.53. The molecule has 0 spiro atoms. The van der Waals surface area contributed by atoms with E-state index < -0.39 is 10.2 Å². The topological polar surface area (TPSA) is 61.4 Å². The van der Waals surface area contributed by atoms with Crippen molar-refractivity contribution in [2.45, 2.75) is 32.7 Å². The molecule has 0 bridgehead atoms. The minimum atomic E-state index is -3.30. The van der Waals surface area contributed by atoms with Crippen molar-refractivity contribution in [3.8, 4) is 0 Å². The summed E-state index contributed by atoms with van der Waals surface area (Å²) in [5, 5.41) is 3.26. The monoisotopic (exact) mass is 285 g/mol. The first-order valence-electron chi connectivity index (χ1n) is 5.91. The fraction of sp³-hybridized carbons (Fsp3) is 1.00. The number of hydrogen-bond acceptors (Lipinski definition) is 3. The molecule has 0 amide bonds. The van der Waals surface area contributed by atoms with Crippen molar-refractivity contribution in [1.29, 1.82) is 0 Å². The molecule has 17 heavy (non-hydrogen) atoms. The highest BCUT2D eigenvalue weighted by molar-refractivity contribution is 7.87. The maximum Gasteiger partial charge on any atom is 0.279 e. The fourth-order valence-corrected chi connectivity index (χ4v) is 3.24. The van der Waals surface area contributed by atoms with Gasteiger partial charge in [0.1, 0.15) is 0 Å². The molecule has 1 saturated heterocycles. The predicted octanol–water partition coefficient (Wildman–Crippen LogP) is 0.582. The molecule has 0 aliphatic carbocycles. The summed E-state index contributed by atoms with van der Waals surface area (Å²) in [4.78, 5) is 0. The van der Waals surface area contributed by atoms with Gasteiger partial charge in [0.25, 0.3) is 10.2 Å². The van der Waals surface area contributed by atoms with Crippen molar-refractivity contribution in [3.05, 3.63) is 0 Å². The van der Waals surface area contributed by atoms with Gasteiger partial charge in [-0.2, -0.15) is 17.4 Å². The largest absolute Gasteiger partial charge is 0.316 e. The normalized spacial score (nSPS) is 25.6. The molecule has 0 saturated carbocycles. The molecule has 104 valence electrons. The second-order valence-corrected chi connectivity index (χ2v) is 6.33. The minimum Gasteiger partial charge on any atom is -0.316 e. The van der Waals surface area contributed by atoms with Gasteiger partial charge in [0.15, 0.2) is 0 Å². The van der Waals surface area contributed by atoms with E-state index in [4.69, 9.17) is 0 Å². The van der Waals surface area contributed by atoms with Crippen molar-refractivity contribution in [2.75, 3.05) is 26.7 Å². The number of halogens is 1. The average molecular weight is 286 g/mol. The highest BCUT2D eigenvalue weighted by atomic mass is 35.5. The van der Waals surface area contributed by atoms with Crippen molar-refractivity contribution in [1.82, 2.24) is 14.3 Å². The molecule has 1 rings (SSSR count). The van der Waals surface area contributed by atoms with Gasteiger partial charge in [0.05, 0.1) is 0 Å². The molecular formula is C10H24ClN3O2S. The van der Waals surface area contributed by atoms with Crippen LogP contribution in [0.5, 0.6) is 0 Å². The van der Waals surface area contributed by atoms with Crippen LogP contribution in [0.1, 0.15) is 26.7 Å². The summed E-state index contributed by atoms with van der Waals surface area (Å²) in [6.07, 6.45) is 1.69.